The fraction of sp³-hybridized carbons (Fsp3) is 0. The van der Waals surface area contributed by atoms with Crippen LogP contribution in [0, 0.1) is 0 Å². The molecule has 0 aromatic heterocycles. The summed E-state index contributed by atoms with van der Waals surface area (Å²) in [6.45, 7) is 5.80. The first kappa shape index (κ1) is 16.6. The fourth-order valence-corrected chi connectivity index (χ4v) is 0. The smallest absolute Gasteiger partial charge is 0.545 e. The van der Waals surface area contributed by atoms with E-state index >= 15 is 0 Å². The molecule has 0 unspecified atom stereocenters. The summed E-state index contributed by atoms with van der Waals surface area (Å²) < 4.78 is 0. The topological polar surface area (TPSA) is 80.3 Å². The monoisotopic (exact) mass is 337 g/mol. The number of aliphatic carboxylic acids is 2. The van der Waals surface area contributed by atoms with Crippen molar-refractivity contribution in [1.29, 1.82) is 0 Å². The third-order valence-electron chi connectivity index (χ3n) is 0.333. The first-order valence-corrected chi connectivity index (χ1v) is 2.21. The van der Waals surface area contributed by atoms with Gasteiger partial charge in [0, 0.05) is 0 Å². The molecule has 11 heavy (non-hydrogen) atoms. The molecule has 0 rings (SSSR count). The van der Waals surface area contributed by atoms with Crippen molar-refractivity contribution in [3.8, 4) is 0 Å². The minimum atomic E-state index is -1.23. The summed E-state index contributed by atoms with van der Waals surface area (Å²) in [7, 11) is 0. The van der Waals surface area contributed by atoms with Crippen molar-refractivity contribution in [3.05, 3.63) is 25.3 Å². The summed E-state index contributed by atoms with van der Waals surface area (Å²) in [5.74, 6) is -2.46. The van der Waals surface area contributed by atoms with Crippen molar-refractivity contribution < 1.29 is 40.9 Å². The van der Waals surface area contributed by atoms with Crippen molar-refractivity contribution in [2.75, 3.05) is 0 Å². The molecule has 0 aromatic carbocycles. The van der Waals surface area contributed by atoms with Crippen LogP contribution < -0.4 is 10.2 Å². The van der Waals surface area contributed by atoms with Crippen LogP contribution in [0.2, 0.25) is 0 Å². The maximum atomic E-state index is 9.14. The molecule has 0 aromatic rings. The van der Waals surface area contributed by atoms with Gasteiger partial charge in [0.1, 0.15) is 0 Å². The third-order valence-corrected chi connectivity index (χ3v) is 0.333. The van der Waals surface area contributed by atoms with E-state index in [9.17, 15) is 0 Å². The zero-order chi connectivity index (χ0) is 8.57. The van der Waals surface area contributed by atoms with Gasteiger partial charge in [-0.2, -0.15) is 0 Å². The standard InChI is InChI=1S/2C3H4O2.Pt/c2*1-2-3(4)5;/h2*2H,1H2,(H,4,5);/q;;+2/p-2. The van der Waals surface area contributed by atoms with Crippen molar-refractivity contribution in [2.24, 2.45) is 0 Å². The van der Waals surface area contributed by atoms with Gasteiger partial charge in [-0.05, 0) is 12.2 Å². The Labute approximate surface area is 78.5 Å². The Morgan fingerprint density at radius 2 is 1.09 bits per heavy atom. The van der Waals surface area contributed by atoms with E-state index in [4.69, 9.17) is 19.8 Å². The number of rotatable bonds is 2. The maximum absolute atomic E-state index is 9.14. The van der Waals surface area contributed by atoms with Crippen LogP contribution >= 0.6 is 0 Å². The van der Waals surface area contributed by atoms with Crippen LogP contribution in [0.5, 0.6) is 0 Å². The van der Waals surface area contributed by atoms with E-state index in [1.807, 2.05) is 0 Å². The molecule has 0 atom stereocenters. The number of carboxylic acids is 2. The second kappa shape index (κ2) is 11.9. The molecule has 0 aliphatic heterocycles. The number of carboxylic acid groups (broad SMARTS) is 2. The van der Waals surface area contributed by atoms with Crippen LogP contribution in [0.4, 0.5) is 0 Å². The van der Waals surface area contributed by atoms with Crippen molar-refractivity contribution in [2.45, 2.75) is 0 Å². The Balaban J connectivity index is -0.000000107. The van der Waals surface area contributed by atoms with Crippen LogP contribution in [0.3, 0.4) is 0 Å². The molecule has 0 bridgehead atoms. The van der Waals surface area contributed by atoms with Gasteiger partial charge in [0.15, 0.2) is 0 Å². The summed E-state index contributed by atoms with van der Waals surface area (Å²) >= 11 is 0. The van der Waals surface area contributed by atoms with Gasteiger partial charge in [0.05, 0.1) is 11.9 Å². The summed E-state index contributed by atoms with van der Waals surface area (Å²) in [6, 6.07) is 0. The van der Waals surface area contributed by atoms with Gasteiger partial charge in [0.25, 0.3) is 0 Å². The average molecular weight is 337 g/mol. The molecule has 0 aliphatic carbocycles. The van der Waals surface area contributed by atoms with Gasteiger partial charge in [-0.1, -0.05) is 13.2 Å². The Hall–Kier alpha value is -0.892. The van der Waals surface area contributed by atoms with E-state index in [0.29, 0.717) is 0 Å². The second-order valence-electron chi connectivity index (χ2n) is 1.05. The molecule has 0 N–H and O–H groups in total. The predicted octanol–water partition coefficient (Wildman–Crippen LogP) is -2.16. The van der Waals surface area contributed by atoms with Crippen LogP contribution in [0.1, 0.15) is 0 Å². The third kappa shape index (κ3) is 47.6. The average Bonchev–Trinajstić information content (AvgIpc) is 1.89. The van der Waals surface area contributed by atoms with E-state index in [1.54, 1.807) is 0 Å². The normalized spacial score (nSPS) is 5.82. The molecule has 0 saturated heterocycles. The molecular weight excluding hydrogens is 331 g/mol. The molecule has 0 radical (unpaired) electrons. The van der Waals surface area contributed by atoms with Gasteiger partial charge in [-0.3, -0.25) is 0 Å². The van der Waals surface area contributed by atoms with Gasteiger partial charge in [0.2, 0.25) is 0 Å². The Morgan fingerprint density at radius 3 is 1.09 bits per heavy atom. The summed E-state index contributed by atoms with van der Waals surface area (Å²) in [4.78, 5) is 18.3. The van der Waals surface area contributed by atoms with E-state index in [1.165, 1.54) is 0 Å². The van der Waals surface area contributed by atoms with Gasteiger partial charge in [-0.15, -0.1) is 0 Å². The van der Waals surface area contributed by atoms with E-state index in [2.05, 4.69) is 13.2 Å². The molecule has 0 heterocycles. The molecule has 0 fully saturated rings. The summed E-state index contributed by atoms with van der Waals surface area (Å²) in [6.07, 6.45) is 1.44. The van der Waals surface area contributed by atoms with Crippen molar-refractivity contribution >= 4 is 11.9 Å². The van der Waals surface area contributed by atoms with Gasteiger partial charge in [-0.25, -0.2) is 0 Å². The van der Waals surface area contributed by atoms with Crippen LogP contribution in [0.25, 0.3) is 0 Å². The first-order chi connectivity index (χ1) is 4.54. The number of hydrogen-bond donors (Lipinski definition) is 0. The maximum Gasteiger partial charge on any atom is 2.00 e. The van der Waals surface area contributed by atoms with E-state index in [-0.39, 0.29) is 21.1 Å². The molecule has 0 spiro atoms. The number of carbonyl (C=O) groups excluding carboxylic acids is 2. The first-order valence-electron chi connectivity index (χ1n) is 2.21. The largest absolute Gasteiger partial charge is 2.00 e. The number of carbonyl (C=O) groups is 2. The molecule has 0 saturated carbocycles. The van der Waals surface area contributed by atoms with Crippen LogP contribution in [-0.2, 0) is 30.7 Å². The quantitative estimate of drug-likeness (QED) is 0.538. The molecule has 0 aliphatic rings. The second-order valence-corrected chi connectivity index (χ2v) is 1.05. The Kier molecular flexibility index (Phi) is 17.9. The Morgan fingerprint density at radius 1 is 1.00 bits per heavy atom. The van der Waals surface area contributed by atoms with Crippen LogP contribution in [-0.4, -0.2) is 11.9 Å². The molecule has 4 nitrogen and oxygen atoms in total. The van der Waals surface area contributed by atoms with E-state index in [0.717, 1.165) is 12.2 Å². The SMILES string of the molecule is C=CC(=O)[O-].C=CC(=O)[O-].[Pt+2]. The van der Waals surface area contributed by atoms with Gasteiger partial charge >= 0.3 is 21.1 Å². The van der Waals surface area contributed by atoms with Crippen molar-refractivity contribution in [1.82, 2.24) is 0 Å². The number of hydrogen-bond acceptors (Lipinski definition) is 4. The molecule has 0 amide bonds. The minimum absolute atomic E-state index is 0. The molecule has 64 valence electrons. The molecular formula is C6H6O4Pt. The zero-order valence-corrected chi connectivity index (χ0v) is 7.79. The minimum Gasteiger partial charge on any atom is -0.545 e. The van der Waals surface area contributed by atoms with Crippen molar-refractivity contribution in [3.63, 3.8) is 0 Å². The zero-order valence-electron chi connectivity index (χ0n) is 5.52. The summed E-state index contributed by atoms with van der Waals surface area (Å²) in [5.41, 5.74) is 0. The van der Waals surface area contributed by atoms with E-state index < -0.39 is 11.9 Å². The molecule has 5 heteroatoms. The Bertz CT molecular complexity index is 135. The predicted molar refractivity (Wildman–Crippen MR) is 30.4 cm³/mol. The van der Waals surface area contributed by atoms with Crippen LogP contribution in [0.15, 0.2) is 25.3 Å². The van der Waals surface area contributed by atoms with Gasteiger partial charge < -0.3 is 19.8 Å². The summed E-state index contributed by atoms with van der Waals surface area (Å²) in [5, 5.41) is 18.3. The fourth-order valence-electron chi connectivity index (χ4n) is 0.